The molecule has 0 amide bonds. The van der Waals surface area contributed by atoms with Gasteiger partial charge in [-0.3, -0.25) is 0 Å². The van der Waals surface area contributed by atoms with Crippen LogP contribution in [0.3, 0.4) is 0 Å². The molecule has 3 aliphatic rings. The maximum atomic E-state index is 8.87. The third-order valence-corrected chi connectivity index (χ3v) is 6.46. The number of nitrogens with one attached hydrogen (secondary N) is 1. The van der Waals surface area contributed by atoms with Crippen molar-refractivity contribution >= 4 is 7.48 Å². The van der Waals surface area contributed by atoms with Crippen LogP contribution in [-0.4, -0.2) is 49.1 Å². The zero-order valence-corrected chi connectivity index (χ0v) is 18.9. The summed E-state index contributed by atoms with van der Waals surface area (Å²) in [5.41, 5.74) is 0.916. The summed E-state index contributed by atoms with van der Waals surface area (Å²) in [7, 11) is 1.89. The lowest BCUT2D eigenvalue weighted by atomic mass is 9.75. The van der Waals surface area contributed by atoms with Gasteiger partial charge >= 0.3 is 7.48 Å². The Labute approximate surface area is 173 Å². The van der Waals surface area contributed by atoms with Gasteiger partial charge in [0.1, 0.15) is 0 Å². The van der Waals surface area contributed by atoms with E-state index in [1.807, 2.05) is 7.48 Å². The average Bonchev–Trinajstić information content (AvgIpc) is 2.58. The lowest BCUT2D eigenvalue weighted by molar-refractivity contribution is -0.0844. The van der Waals surface area contributed by atoms with Crippen molar-refractivity contribution < 1.29 is 14.5 Å². The standard InChI is InChI=1S/C18H30BO2.C5H11NO/c1-16(2,3)17(4,5)21-19-14-10-12-18(6,13-11-14)20-15-8-7-9-15;7-5-1-3-6-4-2-5/h10-12,15H,7-9,13H2,1-6H3;5-7H,1-4H2. The van der Waals surface area contributed by atoms with Gasteiger partial charge in [-0.15, -0.1) is 0 Å². The molecule has 0 aromatic heterocycles. The summed E-state index contributed by atoms with van der Waals surface area (Å²) in [6.45, 7) is 15.0. The van der Waals surface area contributed by atoms with Crippen molar-refractivity contribution in [2.75, 3.05) is 13.1 Å². The van der Waals surface area contributed by atoms with Crippen LogP contribution in [0.4, 0.5) is 0 Å². The first kappa shape index (κ1) is 23.7. The molecule has 0 spiro atoms. The minimum Gasteiger partial charge on any atom is -0.429 e. The van der Waals surface area contributed by atoms with E-state index in [4.69, 9.17) is 14.5 Å². The molecule has 1 radical (unpaired) electrons. The zero-order chi connectivity index (χ0) is 20.8. The number of piperidine rings is 1. The summed E-state index contributed by atoms with van der Waals surface area (Å²) in [5.74, 6) is 0. The second-order valence-corrected chi connectivity index (χ2v) is 10.2. The van der Waals surface area contributed by atoms with Gasteiger partial charge in [-0.25, -0.2) is 0 Å². The van der Waals surface area contributed by atoms with E-state index < -0.39 is 0 Å². The van der Waals surface area contributed by atoms with E-state index in [1.54, 1.807) is 0 Å². The smallest absolute Gasteiger partial charge is 0.330 e. The maximum Gasteiger partial charge on any atom is 0.330 e. The molecule has 2 N–H and O–H groups in total. The van der Waals surface area contributed by atoms with Gasteiger partial charge in [0.05, 0.1) is 23.4 Å². The molecule has 0 aromatic carbocycles. The number of aliphatic hydroxyl groups excluding tert-OH is 1. The first-order valence-corrected chi connectivity index (χ1v) is 11.0. The predicted octanol–water partition coefficient (Wildman–Crippen LogP) is 4.35. The summed E-state index contributed by atoms with van der Waals surface area (Å²) in [6, 6.07) is 0. The van der Waals surface area contributed by atoms with Crippen molar-refractivity contribution in [3.63, 3.8) is 0 Å². The average molecular weight is 390 g/mol. The van der Waals surface area contributed by atoms with Gasteiger partial charge in [-0.2, -0.15) is 0 Å². The van der Waals surface area contributed by atoms with Crippen molar-refractivity contribution in [2.24, 2.45) is 5.41 Å². The summed E-state index contributed by atoms with van der Waals surface area (Å²) in [4.78, 5) is 0. The summed E-state index contributed by atoms with van der Waals surface area (Å²) < 4.78 is 12.2. The number of hydrogen-bond acceptors (Lipinski definition) is 4. The Kier molecular flexibility index (Phi) is 8.39. The van der Waals surface area contributed by atoms with E-state index in [0.29, 0.717) is 6.10 Å². The Balaban J connectivity index is 0.000000336. The highest BCUT2D eigenvalue weighted by Crippen LogP contribution is 2.34. The molecular formula is C23H41BNO3. The molecule has 1 saturated heterocycles. The molecule has 1 aliphatic heterocycles. The third kappa shape index (κ3) is 7.33. The van der Waals surface area contributed by atoms with Crippen LogP contribution in [-0.2, 0) is 9.39 Å². The van der Waals surface area contributed by atoms with Crippen LogP contribution in [0.15, 0.2) is 23.7 Å². The van der Waals surface area contributed by atoms with Gasteiger partial charge < -0.3 is 19.8 Å². The van der Waals surface area contributed by atoms with Crippen molar-refractivity contribution in [3.8, 4) is 0 Å². The van der Waals surface area contributed by atoms with Gasteiger partial charge in [0.2, 0.25) is 0 Å². The molecular weight excluding hydrogens is 349 g/mol. The molecule has 0 bridgehead atoms. The van der Waals surface area contributed by atoms with E-state index in [2.05, 4.69) is 65.1 Å². The van der Waals surface area contributed by atoms with Crippen molar-refractivity contribution in [1.82, 2.24) is 5.32 Å². The number of ether oxygens (including phenoxy) is 1. The maximum absolute atomic E-state index is 8.87. The normalized spacial score (nSPS) is 26.8. The molecule has 1 heterocycles. The Morgan fingerprint density at radius 1 is 1.11 bits per heavy atom. The number of allylic oxidation sites excluding steroid dienone is 2. The zero-order valence-electron chi connectivity index (χ0n) is 18.9. The van der Waals surface area contributed by atoms with Crippen molar-refractivity contribution in [3.05, 3.63) is 23.7 Å². The van der Waals surface area contributed by atoms with Gasteiger partial charge in [-0.1, -0.05) is 44.5 Å². The van der Waals surface area contributed by atoms with Crippen molar-refractivity contribution in [2.45, 2.75) is 103 Å². The fraction of sp³-hybridized carbons (Fsp3) is 0.826. The fourth-order valence-electron chi connectivity index (χ4n) is 2.97. The largest absolute Gasteiger partial charge is 0.429 e. The topological polar surface area (TPSA) is 50.7 Å². The second-order valence-electron chi connectivity index (χ2n) is 10.2. The molecule has 3 rings (SSSR count). The predicted molar refractivity (Wildman–Crippen MR) is 117 cm³/mol. The molecule has 1 unspecified atom stereocenters. The second kappa shape index (κ2) is 9.93. The highest BCUT2D eigenvalue weighted by molar-refractivity contribution is 6.39. The lowest BCUT2D eigenvalue weighted by Gasteiger charge is -2.40. The van der Waals surface area contributed by atoms with Crippen LogP contribution in [0.5, 0.6) is 0 Å². The van der Waals surface area contributed by atoms with Crippen LogP contribution in [0.2, 0.25) is 0 Å². The lowest BCUT2D eigenvalue weighted by Crippen LogP contribution is -2.41. The molecule has 2 fully saturated rings. The SMILES string of the molecule is CC1(OC2CCC2)C=CC([B]OC(C)(C)C(C)(C)C)=CC1.OC1CCNCC1. The van der Waals surface area contributed by atoms with E-state index in [1.165, 1.54) is 19.3 Å². The molecule has 159 valence electrons. The van der Waals surface area contributed by atoms with Crippen LogP contribution >= 0.6 is 0 Å². The highest BCUT2D eigenvalue weighted by atomic mass is 16.5. The third-order valence-electron chi connectivity index (χ3n) is 6.46. The van der Waals surface area contributed by atoms with E-state index in [0.717, 1.165) is 37.8 Å². The molecule has 1 atom stereocenters. The summed E-state index contributed by atoms with van der Waals surface area (Å²) in [6.07, 6.45) is 13.5. The number of hydrogen-bond donors (Lipinski definition) is 2. The monoisotopic (exact) mass is 390 g/mol. The van der Waals surface area contributed by atoms with Crippen LogP contribution < -0.4 is 5.32 Å². The summed E-state index contributed by atoms with van der Waals surface area (Å²) in [5, 5.41) is 12.0. The highest BCUT2D eigenvalue weighted by Gasteiger charge is 2.34. The molecule has 5 heteroatoms. The number of rotatable bonds is 5. The van der Waals surface area contributed by atoms with Gasteiger partial charge in [0, 0.05) is 0 Å². The van der Waals surface area contributed by atoms with E-state index in [-0.39, 0.29) is 22.7 Å². The summed E-state index contributed by atoms with van der Waals surface area (Å²) >= 11 is 0. The van der Waals surface area contributed by atoms with Gasteiger partial charge in [0.25, 0.3) is 0 Å². The van der Waals surface area contributed by atoms with E-state index >= 15 is 0 Å². The quantitative estimate of drug-likeness (QED) is 0.686. The van der Waals surface area contributed by atoms with Crippen molar-refractivity contribution in [1.29, 1.82) is 0 Å². The van der Waals surface area contributed by atoms with Crippen LogP contribution in [0.1, 0.15) is 80.1 Å². The van der Waals surface area contributed by atoms with Gasteiger partial charge in [-0.05, 0) is 77.8 Å². The first-order valence-electron chi connectivity index (χ1n) is 11.0. The minimum absolute atomic E-state index is 0.0266. The van der Waals surface area contributed by atoms with Crippen LogP contribution in [0.25, 0.3) is 0 Å². The number of aliphatic hydroxyl groups is 1. The van der Waals surface area contributed by atoms with E-state index in [9.17, 15) is 0 Å². The Morgan fingerprint density at radius 2 is 1.75 bits per heavy atom. The Bertz CT molecular complexity index is 543. The van der Waals surface area contributed by atoms with Gasteiger partial charge in [0.15, 0.2) is 0 Å². The first-order chi connectivity index (χ1) is 13.0. The Morgan fingerprint density at radius 3 is 2.14 bits per heavy atom. The fourth-order valence-corrected chi connectivity index (χ4v) is 2.97. The Hall–Kier alpha value is -0.615. The van der Waals surface area contributed by atoms with Crippen LogP contribution in [0, 0.1) is 5.41 Å². The molecule has 2 aliphatic carbocycles. The molecule has 4 nitrogen and oxygen atoms in total. The molecule has 0 aromatic rings. The minimum atomic E-state index is -0.190. The molecule has 28 heavy (non-hydrogen) atoms. The molecule has 1 saturated carbocycles.